The topological polar surface area (TPSA) is 121 Å². The predicted molar refractivity (Wildman–Crippen MR) is 154 cm³/mol. The number of halogens is 3. The summed E-state index contributed by atoms with van der Waals surface area (Å²) in [6, 6.07) is 6.33. The van der Waals surface area contributed by atoms with Gasteiger partial charge in [-0.1, -0.05) is 37.8 Å². The van der Waals surface area contributed by atoms with Crippen molar-refractivity contribution in [2.24, 2.45) is 0 Å². The second-order valence-corrected chi connectivity index (χ2v) is 11.5. The molecule has 2 aliphatic rings. The van der Waals surface area contributed by atoms with Crippen LogP contribution in [0.4, 0.5) is 23.9 Å². The average molecular weight is 594 g/mol. The molecule has 2 aromatic rings. The van der Waals surface area contributed by atoms with Gasteiger partial charge < -0.3 is 25.6 Å². The normalized spacial score (nSPS) is 16.7. The minimum Gasteiger partial charge on any atom is -0.454 e. The van der Waals surface area contributed by atoms with Gasteiger partial charge in [0.05, 0.1) is 0 Å². The van der Waals surface area contributed by atoms with Gasteiger partial charge in [0.2, 0.25) is 5.95 Å². The Labute approximate surface area is 245 Å². The van der Waals surface area contributed by atoms with E-state index < -0.39 is 18.8 Å². The van der Waals surface area contributed by atoms with Crippen molar-refractivity contribution in [2.45, 2.75) is 83.9 Å². The van der Waals surface area contributed by atoms with E-state index in [9.17, 15) is 22.8 Å². The highest BCUT2D eigenvalue weighted by atomic mass is 19.4. The summed E-state index contributed by atoms with van der Waals surface area (Å²) in [5.74, 6) is 0.167. The molecule has 3 N–H and O–H groups in total. The van der Waals surface area contributed by atoms with E-state index in [-0.39, 0.29) is 35.7 Å². The van der Waals surface area contributed by atoms with Crippen molar-refractivity contribution in [3.05, 3.63) is 41.2 Å². The summed E-state index contributed by atoms with van der Waals surface area (Å²) in [4.78, 5) is 39.8. The maximum atomic E-state index is 12.9. The molecular weight excluding hydrogens is 551 g/mol. The number of nitrogens with one attached hydrogen (secondary N) is 3. The summed E-state index contributed by atoms with van der Waals surface area (Å²) in [7, 11) is 0. The number of amides is 3. The van der Waals surface area contributed by atoms with E-state index in [1.165, 1.54) is 0 Å². The van der Waals surface area contributed by atoms with Crippen molar-refractivity contribution >= 4 is 17.9 Å². The first-order chi connectivity index (χ1) is 19.9. The number of benzene rings is 1. The van der Waals surface area contributed by atoms with E-state index in [4.69, 9.17) is 4.74 Å². The smallest absolute Gasteiger partial charge is 0.422 e. The van der Waals surface area contributed by atoms with E-state index in [2.05, 4.69) is 30.9 Å². The number of hydrogen-bond donors (Lipinski definition) is 3. The van der Waals surface area contributed by atoms with Crippen LogP contribution in [0.25, 0.3) is 0 Å². The largest absolute Gasteiger partial charge is 0.454 e. The van der Waals surface area contributed by atoms with Gasteiger partial charge in [0.15, 0.2) is 6.61 Å². The molecule has 2 aliphatic heterocycles. The first kappa shape index (κ1) is 32.9. The fourth-order valence-electron chi connectivity index (χ4n) is 4.35. The zero-order valence-electron chi connectivity index (χ0n) is 24.6. The molecule has 0 saturated heterocycles. The van der Waals surface area contributed by atoms with Crippen molar-refractivity contribution in [3.8, 4) is 6.01 Å². The van der Waals surface area contributed by atoms with E-state index in [1.807, 2.05) is 25.7 Å². The predicted octanol–water partition coefficient (Wildman–Crippen LogP) is 5.10. The van der Waals surface area contributed by atoms with Crippen LogP contribution in [0.5, 0.6) is 6.01 Å². The third kappa shape index (κ3) is 12.5. The lowest BCUT2D eigenvalue weighted by atomic mass is 10.1. The zero-order chi connectivity index (χ0) is 30.6. The van der Waals surface area contributed by atoms with E-state index in [0.717, 1.165) is 44.1 Å². The minimum atomic E-state index is -4.52. The highest BCUT2D eigenvalue weighted by Gasteiger charge is 2.29. The van der Waals surface area contributed by atoms with Crippen molar-refractivity contribution in [3.63, 3.8) is 0 Å². The molecule has 0 unspecified atom stereocenters. The van der Waals surface area contributed by atoms with Crippen LogP contribution in [0.2, 0.25) is 0 Å². The van der Waals surface area contributed by atoms with Crippen LogP contribution in [0.15, 0.2) is 24.3 Å². The van der Waals surface area contributed by atoms with Crippen LogP contribution in [-0.4, -0.2) is 76.3 Å². The van der Waals surface area contributed by atoms with Gasteiger partial charge in [-0.3, -0.25) is 4.79 Å². The number of fused-ring (bicyclic) bond motifs is 16. The van der Waals surface area contributed by atoms with Crippen molar-refractivity contribution < 1.29 is 27.5 Å². The number of aromatic nitrogens is 3. The number of ether oxygens (including phenoxy) is 1. The molecule has 3 amide bonds. The number of nitrogens with zero attached hydrogens (tertiary/aromatic N) is 4. The fraction of sp³-hybridized carbons (Fsp3) is 0.621. The highest BCUT2D eigenvalue weighted by Crippen LogP contribution is 2.18. The molecule has 1 aromatic carbocycles. The molecule has 0 atom stereocenters. The van der Waals surface area contributed by atoms with E-state index in [0.29, 0.717) is 38.2 Å². The van der Waals surface area contributed by atoms with Crippen LogP contribution in [0.3, 0.4) is 0 Å². The first-order valence-corrected chi connectivity index (χ1v) is 14.5. The fourth-order valence-corrected chi connectivity index (χ4v) is 4.35. The first-order valence-electron chi connectivity index (χ1n) is 14.5. The maximum absolute atomic E-state index is 12.9. The van der Waals surface area contributed by atoms with Crippen LogP contribution < -0.4 is 20.7 Å². The summed E-state index contributed by atoms with van der Waals surface area (Å²) in [5.41, 5.74) is 0.890. The van der Waals surface area contributed by atoms with Crippen LogP contribution in [0, 0.1) is 0 Å². The van der Waals surface area contributed by atoms with Gasteiger partial charge >= 0.3 is 18.2 Å². The Hall–Kier alpha value is -3.64. The summed E-state index contributed by atoms with van der Waals surface area (Å²) in [6.45, 7) is 6.49. The molecule has 13 heteroatoms. The third-order valence-corrected chi connectivity index (χ3v) is 6.40. The van der Waals surface area contributed by atoms with Crippen molar-refractivity contribution in [1.29, 1.82) is 0 Å². The standard InChI is InChI=1S/C29H42F3N7O3/c1-28(2,3)38-27(41)39-17-9-7-5-4-6-8-15-34-25-35-23(36-26(37-25)42-20-29(30,31)32)19-21-11-13-22(14-12-21)24(40)33-16-10-18-39/h11-14H,4-10,15-20H2,1-3H3,(H,33,40)(H,38,41)(H,34,35,36,37). The Morgan fingerprint density at radius 1 is 0.905 bits per heavy atom. The average Bonchev–Trinajstić information content (AvgIpc) is 2.90. The molecule has 10 nitrogen and oxygen atoms in total. The van der Waals surface area contributed by atoms with Gasteiger partial charge in [0.25, 0.3) is 5.91 Å². The molecule has 1 aromatic heterocycles. The number of carbonyl (C=O) groups is 2. The van der Waals surface area contributed by atoms with Crippen LogP contribution in [0.1, 0.15) is 87.5 Å². The van der Waals surface area contributed by atoms with Gasteiger partial charge in [0.1, 0.15) is 5.82 Å². The Bertz CT molecular complexity index is 1150. The molecule has 0 radical (unpaired) electrons. The number of rotatable bonds is 2. The van der Waals surface area contributed by atoms with Gasteiger partial charge in [-0.05, 0) is 57.7 Å². The lowest BCUT2D eigenvalue weighted by Crippen LogP contribution is -2.49. The maximum Gasteiger partial charge on any atom is 0.422 e. The minimum absolute atomic E-state index is 0.103. The number of urea groups is 1. The molecule has 0 saturated carbocycles. The number of anilines is 1. The highest BCUT2D eigenvalue weighted by molar-refractivity contribution is 5.94. The molecule has 0 fully saturated rings. The second-order valence-electron chi connectivity index (χ2n) is 11.5. The van der Waals surface area contributed by atoms with Gasteiger partial charge in [-0.2, -0.15) is 28.1 Å². The van der Waals surface area contributed by atoms with Crippen LogP contribution in [-0.2, 0) is 6.42 Å². The molecular formula is C29H42F3N7O3. The Morgan fingerprint density at radius 2 is 1.55 bits per heavy atom. The quantitative estimate of drug-likeness (QED) is 0.443. The Kier molecular flexibility index (Phi) is 12.2. The van der Waals surface area contributed by atoms with E-state index in [1.54, 1.807) is 24.3 Å². The van der Waals surface area contributed by atoms with Gasteiger partial charge in [-0.25, -0.2) is 4.79 Å². The molecule has 4 rings (SSSR count). The SMILES string of the molecule is CC(C)(C)NC(=O)N1CCCCCCCCNc2nc(nc(OCC(F)(F)F)n2)Cc2ccc(cc2)C(=O)NCCC1. The summed E-state index contributed by atoms with van der Waals surface area (Å²) in [5, 5.41) is 9.01. The summed E-state index contributed by atoms with van der Waals surface area (Å²) in [6.07, 6.45) is 2.01. The van der Waals surface area contributed by atoms with Gasteiger partial charge in [-0.15, -0.1) is 0 Å². The molecule has 4 bridgehead atoms. The second kappa shape index (κ2) is 15.5. The lowest BCUT2D eigenvalue weighted by Gasteiger charge is -2.28. The van der Waals surface area contributed by atoms with Crippen LogP contribution >= 0.6 is 0 Å². The number of hydrogen-bond acceptors (Lipinski definition) is 7. The summed E-state index contributed by atoms with van der Waals surface area (Å²) >= 11 is 0. The Morgan fingerprint density at radius 3 is 2.24 bits per heavy atom. The summed E-state index contributed by atoms with van der Waals surface area (Å²) < 4.78 is 43.0. The van der Waals surface area contributed by atoms with E-state index >= 15 is 0 Å². The molecule has 3 heterocycles. The molecule has 232 valence electrons. The zero-order valence-corrected chi connectivity index (χ0v) is 24.6. The monoisotopic (exact) mass is 593 g/mol. The third-order valence-electron chi connectivity index (χ3n) is 6.40. The van der Waals surface area contributed by atoms with Crippen molar-refractivity contribution in [2.75, 3.05) is 38.1 Å². The molecule has 42 heavy (non-hydrogen) atoms. The number of carbonyl (C=O) groups excluding carboxylic acids is 2. The van der Waals surface area contributed by atoms with Gasteiger partial charge in [0, 0.05) is 43.7 Å². The Balaban J connectivity index is 1.70. The van der Waals surface area contributed by atoms with Crippen molar-refractivity contribution in [1.82, 2.24) is 30.5 Å². The molecule has 0 spiro atoms. The number of alkyl halides is 3. The molecule has 0 aliphatic carbocycles. The lowest BCUT2D eigenvalue weighted by molar-refractivity contribution is -0.154.